The lowest BCUT2D eigenvalue weighted by molar-refractivity contribution is -0.142. The molecule has 0 spiro atoms. The summed E-state index contributed by atoms with van der Waals surface area (Å²) < 4.78 is 5.93. The number of benzene rings is 3. The zero-order valence-corrected chi connectivity index (χ0v) is 21.3. The minimum absolute atomic E-state index is 0.162. The van der Waals surface area contributed by atoms with Crippen LogP contribution in [0.2, 0.25) is 5.02 Å². The molecule has 184 valence electrons. The molecule has 5 nitrogen and oxygen atoms in total. The molecule has 0 aliphatic carbocycles. The predicted molar refractivity (Wildman–Crippen MR) is 141 cm³/mol. The molecule has 0 radical (unpaired) electrons. The Morgan fingerprint density at radius 1 is 0.943 bits per heavy atom. The van der Waals surface area contributed by atoms with Crippen LogP contribution in [0.4, 0.5) is 0 Å². The van der Waals surface area contributed by atoms with Gasteiger partial charge in [0.05, 0.1) is 0 Å². The van der Waals surface area contributed by atoms with Gasteiger partial charge in [-0.3, -0.25) is 9.59 Å². The van der Waals surface area contributed by atoms with E-state index in [2.05, 4.69) is 5.32 Å². The monoisotopic (exact) mass is 492 g/mol. The Hall–Kier alpha value is -3.31. The van der Waals surface area contributed by atoms with E-state index in [4.69, 9.17) is 16.3 Å². The molecular formula is C29H33ClN2O3. The van der Waals surface area contributed by atoms with Crippen LogP contribution in [0.5, 0.6) is 5.75 Å². The van der Waals surface area contributed by atoms with Crippen molar-refractivity contribution in [1.82, 2.24) is 10.2 Å². The van der Waals surface area contributed by atoms with Crippen molar-refractivity contribution in [3.05, 3.63) is 100 Å². The maximum atomic E-state index is 13.6. The third-order valence-electron chi connectivity index (χ3n) is 5.99. The molecule has 0 saturated heterocycles. The maximum absolute atomic E-state index is 13.6. The highest BCUT2D eigenvalue weighted by molar-refractivity contribution is 6.30. The quantitative estimate of drug-likeness (QED) is 0.384. The van der Waals surface area contributed by atoms with Crippen molar-refractivity contribution in [2.45, 2.75) is 46.2 Å². The summed E-state index contributed by atoms with van der Waals surface area (Å²) in [5, 5.41) is 3.60. The Bertz CT molecular complexity index is 1120. The average Bonchev–Trinajstić information content (AvgIpc) is 2.87. The number of aryl methyl sites for hydroxylation is 1. The zero-order chi connectivity index (χ0) is 25.2. The Kier molecular flexibility index (Phi) is 9.74. The van der Waals surface area contributed by atoms with Gasteiger partial charge in [-0.1, -0.05) is 73.1 Å². The van der Waals surface area contributed by atoms with Crippen LogP contribution in [0.15, 0.2) is 72.8 Å². The molecule has 0 fully saturated rings. The van der Waals surface area contributed by atoms with E-state index < -0.39 is 6.04 Å². The van der Waals surface area contributed by atoms with Crippen molar-refractivity contribution in [3.8, 4) is 5.75 Å². The SMILES string of the molecule is CCCNC(=O)C(Cc1ccccc1)N(Cc1ccc(Cl)cc1)C(=O)COc1cccc(C)c1C. The third-order valence-corrected chi connectivity index (χ3v) is 6.24. The molecule has 1 atom stereocenters. The molecule has 0 bridgehead atoms. The first-order valence-electron chi connectivity index (χ1n) is 11.9. The Labute approximate surface area is 213 Å². The van der Waals surface area contributed by atoms with Gasteiger partial charge in [0.25, 0.3) is 5.91 Å². The van der Waals surface area contributed by atoms with E-state index in [0.717, 1.165) is 28.7 Å². The van der Waals surface area contributed by atoms with Gasteiger partial charge in [-0.05, 0) is 60.7 Å². The first kappa shape index (κ1) is 26.3. The lowest BCUT2D eigenvalue weighted by Crippen LogP contribution is -2.51. The van der Waals surface area contributed by atoms with Gasteiger partial charge in [0.2, 0.25) is 5.91 Å². The van der Waals surface area contributed by atoms with Crippen molar-refractivity contribution < 1.29 is 14.3 Å². The van der Waals surface area contributed by atoms with Gasteiger partial charge in [0.15, 0.2) is 6.61 Å². The van der Waals surface area contributed by atoms with Crippen molar-refractivity contribution in [1.29, 1.82) is 0 Å². The molecule has 1 N–H and O–H groups in total. The number of halogens is 1. The Morgan fingerprint density at radius 3 is 2.34 bits per heavy atom. The highest BCUT2D eigenvalue weighted by Crippen LogP contribution is 2.22. The first-order chi connectivity index (χ1) is 16.9. The summed E-state index contributed by atoms with van der Waals surface area (Å²) in [7, 11) is 0. The predicted octanol–water partition coefficient (Wildman–Crippen LogP) is 5.50. The van der Waals surface area contributed by atoms with Crippen molar-refractivity contribution in [2.75, 3.05) is 13.2 Å². The highest BCUT2D eigenvalue weighted by Gasteiger charge is 2.30. The lowest BCUT2D eigenvalue weighted by Gasteiger charge is -2.31. The molecule has 0 heterocycles. The fourth-order valence-electron chi connectivity index (χ4n) is 3.81. The van der Waals surface area contributed by atoms with E-state index in [1.807, 2.05) is 81.4 Å². The van der Waals surface area contributed by atoms with E-state index in [9.17, 15) is 9.59 Å². The van der Waals surface area contributed by atoms with E-state index >= 15 is 0 Å². The molecule has 0 saturated carbocycles. The second-order valence-electron chi connectivity index (χ2n) is 8.63. The first-order valence-corrected chi connectivity index (χ1v) is 12.3. The van der Waals surface area contributed by atoms with Gasteiger partial charge in [0, 0.05) is 24.5 Å². The molecular weight excluding hydrogens is 460 g/mol. The summed E-state index contributed by atoms with van der Waals surface area (Å²) in [5.41, 5.74) is 3.95. The minimum Gasteiger partial charge on any atom is -0.483 e. The van der Waals surface area contributed by atoms with Crippen LogP contribution in [0.1, 0.15) is 35.6 Å². The molecule has 3 aromatic carbocycles. The molecule has 6 heteroatoms. The van der Waals surface area contributed by atoms with Crippen LogP contribution in [0.25, 0.3) is 0 Å². The fraction of sp³-hybridized carbons (Fsp3) is 0.310. The van der Waals surface area contributed by atoms with Crippen molar-refractivity contribution >= 4 is 23.4 Å². The summed E-state index contributed by atoms with van der Waals surface area (Å²) in [6, 6.07) is 22.1. The number of hydrogen-bond acceptors (Lipinski definition) is 3. The molecule has 3 rings (SSSR count). The van der Waals surface area contributed by atoms with E-state index in [-0.39, 0.29) is 25.0 Å². The van der Waals surface area contributed by atoms with Gasteiger partial charge >= 0.3 is 0 Å². The zero-order valence-electron chi connectivity index (χ0n) is 20.6. The molecule has 0 aliphatic heterocycles. The van der Waals surface area contributed by atoms with Crippen LogP contribution in [0, 0.1) is 13.8 Å². The number of carbonyl (C=O) groups excluding carboxylic acids is 2. The molecule has 0 aromatic heterocycles. The molecule has 0 aliphatic rings. The summed E-state index contributed by atoms with van der Waals surface area (Å²) >= 11 is 6.07. The largest absolute Gasteiger partial charge is 0.483 e. The summed E-state index contributed by atoms with van der Waals surface area (Å²) in [4.78, 5) is 28.5. The lowest BCUT2D eigenvalue weighted by atomic mass is 10.0. The smallest absolute Gasteiger partial charge is 0.261 e. The van der Waals surface area contributed by atoms with Crippen LogP contribution in [0.3, 0.4) is 0 Å². The topological polar surface area (TPSA) is 58.6 Å². The normalized spacial score (nSPS) is 11.5. The van der Waals surface area contributed by atoms with Crippen molar-refractivity contribution in [3.63, 3.8) is 0 Å². The van der Waals surface area contributed by atoms with Gasteiger partial charge < -0.3 is 15.0 Å². The highest BCUT2D eigenvalue weighted by atomic mass is 35.5. The van der Waals surface area contributed by atoms with E-state index in [1.54, 1.807) is 17.0 Å². The number of nitrogens with zero attached hydrogens (tertiary/aromatic N) is 1. The minimum atomic E-state index is -0.686. The Morgan fingerprint density at radius 2 is 1.66 bits per heavy atom. The second-order valence-corrected chi connectivity index (χ2v) is 9.07. The maximum Gasteiger partial charge on any atom is 0.261 e. The average molecular weight is 493 g/mol. The second kappa shape index (κ2) is 13.0. The summed E-state index contributed by atoms with van der Waals surface area (Å²) in [6.07, 6.45) is 1.21. The molecule has 2 amide bonds. The van der Waals surface area contributed by atoms with Gasteiger partial charge in [-0.15, -0.1) is 0 Å². The van der Waals surface area contributed by atoms with Gasteiger partial charge in [-0.2, -0.15) is 0 Å². The van der Waals surface area contributed by atoms with E-state index in [1.165, 1.54) is 0 Å². The van der Waals surface area contributed by atoms with Crippen molar-refractivity contribution in [2.24, 2.45) is 0 Å². The number of hydrogen-bond donors (Lipinski definition) is 1. The number of nitrogens with one attached hydrogen (secondary N) is 1. The number of amides is 2. The summed E-state index contributed by atoms with van der Waals surface area (Å²) in [6.45, 7) is 6.63. The number of ether oxygens (including phenoxy) is 1. The van der Waals surface area contributed by atoms with Gasteiger partial charge in [-0.25, -0.2) is 0 Å². The number of rotatable bonds is 11. The van der Waals surface area contributed by atoms with E-state index in [0.29, 0.717) is 23.7 Å². The third kappa shape index (κ3) is 7.59. The van der Waals surface area contributed by atoms with Gasteiger partial charge in [0.1, 0.15) is 11.8 Å². The molecule has 35 heavy (non-hydrogen) atoms. The van der Waals surface area contributed by atoms with Crippen LogP contribution >= 0.6 is 11.6 Å². The van der Waals surface area contributed by atoms with Crippen LogP contribution in [-0.2, 0) is 22.6 Å². The molecule has 1 unspecified atom stereocenters. The Balaban J connectivity index is 1.90. The molecule has 3 aromatic rings. The standard InChI is InChI=1S/C29H33ClN2O3/c1-4-17-31-29(34)26(18-23-10-6-5-7-11-23)32(19-24-13-15-25(30)16-14-24)28(33)20-35-27-12-8-9-21(2)22(27)3/h5-16,26H,4,17-20H2,1-3H3,(H,31,34). The summed E-state index contributed by atoms with van der Waals surface area (Å²) in [5.74, 6) is 0.234. The van der Waals surface area contributed by atoms with Crippen LogP contribution < -0.4 is 10.1 Å². The fourth-order valence-corrected chi connectivity index (χ4v) is 3.94. The van der Waals surface area contributed by atoms with Crippen LogP contribution in [-0.4, -0.2) is 35.9 Å². The number of carbonyl (C=O) groups is 2.